The zero-order chi connectivity index (χ0) is 11.0. The van der Waals surface area contributed by atoms with Gasteiger partial charge in [0.25, 0.3) is 0 Å². The molecule has 0 spiro atoms. The van der Waals surface area contributed by atoms with E-state index in [0.29, 0.717) is 0 Å². The molecule has 0 heterocycles. The number of esters is 1. The Kier molecular flexibility index (Phi) is 2.48. The van der Waals surface area contributed by atoms with Crippen molar-refractivity contribution in [2.75, 3.05) is 7.11 Å². The fourth-order valence-electron chi connectivity index (χ4n) is 2.68. The van der Waals surface area contributed by atoms with Gasteiger partial charge in [-0.15, -0.1) is 0 Å². The first-order chi connectivity index (χ1) is 7.19. The standard InChI is InChI=1S/C10H13NO4/c1-14-9(12)7-5-2-3-6(4-5)8(7)10(13)15-11/h2-3,5-8H,4,11H2,1H3. The number of carbonyl (C=O) groups is 2. The van der Waals surface area contributed by atoms with Crippen LogP contribution in [-0.4, -0.2) is 19.0 Å². The average Bonchev–Trinajstić information content (AvgIpc) is 2.86. The Balaban J connectivity index is 2.24. The molecule has 1 saturated carbocycles. The van der Waals surface area contributed by atoms with E-state index in [4.69, 9.17) is 10.6 Å². The van der Waals surface area contributed by atoms with E-state index in [-0.39, 0.29) is 17.8 Å². The molecule has 2 rings (SSSR count). The van der Waals surface area contributed by atoms with E-state index in [2.05, 4.69) is 4.84 Å². The summed E-state index contributed by atoms with van der Waals surface area (Å²) >= 11 is 0. The minimum atomic E-state index is -0.526. The molecule has 5 heteroatoms. The van der Waals surface area contributed by atoms with Crippen LogP contribution >= 0.6 is 0 Å². The van der Waals surface area contributed by atoms with E-state index in [1.165, 1.54) is 7.11 Å². The smallest absolute Gasteiger partial charge is 0.328 e. The third kappa shape index (κ3) is 1.43. The van der Waals surface area contributed by atoms with Gasteiger partial charge >= 0.3 is 11.9 Å². The minimum absolute atomic E-state index is 0.0650. The molecule has 0 aromatic carbocycles. The van der Waals surface area contributed by atoms with Crippen LogP contribution in [0.4, 0.5) is 0 Å². The molecule has 2 aliphatic carbocycles. The van der Waals surface area contributed by atoms with Gasteiger partial charge in [0.15, 0.2) is 0 Å². The average molecular weight is 211 g/mol. The number of rotatable bonds is 2. The van der Waals surface area contributed by atoms with E-state index in [1.54, 1.807) is 0 Å². The van der Waals surface area contributed by atoms with Crippen molar-refractivity contribution < 1.29 is 19.2 Å². The van der Waals surface area contributed by atoms with Crippen molar-refractivity contribution in [2.24, 2.45) is 29.6 Å². The van der Waals surface area contributed by atoms with Crippen LogP contribution in [-0.2, 0) is 19.2 Å². The minimum Gasteiger partial charge on any atom is -0.469 e. The second-order valence-electron chi connectivity index (χ2n) is 3.96. The molecule has 1 fully saturated rings. The van der Waals surface area contributed by atoms with E-state index in [9.17, 15) is 9.59 Å². The summed E-state index contributed by atoms with van der Waals surface area (Å²) in [7, 11) is 1.32. The van der Waals surface area contributed by atoms with Gasteiger partial charge in [0.1, 0.15) is 0 Å². The summed E-state index contributed by atoms with van der Waals surface area (Å²) in [5.74, 6) is 3.23. The Hall–Kier alpha value is -1.36. The van der Waals surface area contributed by atoms with E-state index < -0.39 is 17.8 Å². The highest BCUT2D eigenvalue weighted by Crippen LogP contribution is 2.48. The highest BCUT2D eigenvalue weighted by Gasteiger charge is 2.52. The van der Waals surface area contributed by atoms with Gasteiger partial charge in [-0.25, -0.2) is 0 Å². The molecule has 0 aliphatic heterocycles. The van der Waals surface area contributed by atoms with Crippen LogP contribution < -0.4 is 5.90 Å². The molecule has 2 bridgehead atoms. The van der Waals surface area contributed by atoms with Crippen LogP contribution in [0.2, 0.25) is 0 Å². The van der Waals surface area contributed by atoms with Crippen molar-refractivity contribution in [2.45, 2.75) is 6.42 Å². The fraction of sp³-hybridized carbons (Fsp3) is 0.600. The summed E-state index contributed by atoms with van der Waals surface area (Å²) in [6.45, 7) is 0. The lowest BCUT2D eigenvalue weighted by atomic mass is 9.83. The monoisotopic (exact) mass is 211 g/mol. The highest BCUT2D eigenvalue weighted by atomic mass is 16.7. The molecule has 0 aromatic rings. The Bertz CT molecular complexity index is 295. The van der Waals surface area contributed by atoms with Gasteiger partial charge in [-0.05, 0) is 18.3 Å². The van der Waals surface area contributed by atoms with Gasteiger partial charge in [-0.2, -0.15) is 5.90 Å². The Labute approximate surface area is 87.2 Å². The molecule has 2 N–H and O–H groups in total. The predicted octanol–water partition coefficient (Wildman–Crippen LogP) is 0.0146. The maximum Gasteiger partial charge on any atom is 0.328 e. The van der Waals surface area contributed by atoms with Crippen molar-refractivity contribution in [3.63, 3.8) is 0 Å². The zero-order valence-corrected chi connectivity index (χ0v) is 8.38. The summed E-state index contributed by atoms with van der Waals surface area (Å²) in [5.41, 5.74) is 0. The van der Waals surface area contributed by atoms with Gasteiger partial charge in [-0.3, -0.25) is 9.59 Å². The van der Waals surface area contributed by atoms with Crippen molar-refractivity contribution in [3.05, 3.63) is 12.2 Å². The topological polar surface area (TPSA) is 78.6 Å². The van der Waals surface area contributed by atoms with E-state index in [0.717, 1.165) is 6.42 Å². The Morgan fingerprint density at radius 2 is 1.73 bits per heavy atom. The van der Waals surface area contributed by atoms with Crippen molar-refractivity contribution >= 4 is 11.9 Å². The molecule has 0 amide bonds. The van der Waals surface area contributed by atoms with Gasteiger partial charge in [0.2, 0.25) is 0 Å². The molecule has 0 saturated heterocycles. The number of carbonyl (C=O) groups excluding carboxylic acids is 2. The first-order valence-corrected chi connectivity index (χ1v) is 4.85. The second-order valence-corrected chi connectivity index (χ2v) is 3.96. The Morgan fingerprint density at radius 1 is 1.20 bits per heavy atom. The van der Waals surface area contributed by atoms with Crippen molar-refractivity contribution in [3.8, 4) is 0 Å². The van der Waals surface area contributed by atoms with Crippen LogP contribution in [0.1, 0.15) is 6.42 Å². The van der Waals surface area contributed by atoms with Crippen LogP contribution in [0.5, 0.6) is 0 Å². The summed E-state index contributed by atoms with van der Waals surface area (Å²) in [6.07, 6.45) is 4.72. The SMILES string of the molecule is COC(=O)C1C2C=CC(C2)C1C(=O)ON. The van der Waals surface area contributed by atoms with Crippen LogP contribution in [0.3, 0.4) is 0 Å². The number of hydrogen-bond acceptors (Lipinski definition) is 5. The third-order valence-electron chi connectivity index (χ3n) is 3.32. The van der Waals surface area contributed by atoms with Crippen molar-refractivity contribution in [1.29, 1.82) is 0 Å². The molecule has 2 aliphatic rings. The Morgan fingerprint density at radius 3 is 2.20 bits per heavy atom. The number of allylic oxidation sites excluding steroid dienone is 2. The lowest BCUT2D eigenvalue weighted by molar-refractivity contribution is -0.160. The maximum absolute atomic E-state index is 11.5. The summed E-state index contributed by atoms with van der Waals surface area (Å²) in [5, 5.41) is 0. The van der Waals surface area contributed by atoms with E-state index in [1.807, 2.05) is 12.2 Å². The largest absolute Gasteiger partial charge is 0.469 e. The van der Waals surface area contributed by atoms with Crippen LogP contribution in [0.25, 0.3) is 0 Å². The van der Waals surface area contributed by atoms with Gasteiger partial charge in [0, 0.05) is 0 Å². The summed E-state index contributed by atoms with van der Waals surface area (Å²) in [6, 6.07) is 0. The van der Waals surface area contributed by atoms with Gasteiger partial charge < -0.3 is 9.57 Å². The molecule has 4 unspecified atom stereocenters. The number of hydrogen-bond donors (Lipinski definition) is 1. The molecule has 0 aromatic heterocycles. The molecular weight excluding hydrogens is 198 g/mol. The number of ether oxygens (including phenoxy) is 1. The summed E-state index contributed by atoms with van der Waals surface area (Å²) in [4.78, 5) is 27.2. The van der Waals surface area contributed by atoms with Gasteiger partial charge in [-0.1, -0.05) is 12.2 Å². The lowest BCUT2D eigenvalue weighted by Gasteiger charge is -2.22. The quantitative estimate of drug-likeness (QED) is 0.395. The maximum atomic E-state index is 11.5. The predicted molar refractivity (Wildman–Crippen MR) is 50.0 cm³/mol. The molecule has 4 atom stereocenters. The molecular formula is C10H13NO4. The molecule has 5 nitrogen and oxygen atoms in total. The highest BCUT2D eigenvalue weighted by molar-refractivity contribution is 5.84. The second kappa shape index (κ2) is 3.66. The number of fused-ring (bicyclic) bond motifs is 2. The number of nitrogens with two attached hydrogens (primary N) is 1. The summed E-state index contributed by atoms with van der Waals surface area (Å²) < 4.78 is 4.69. The van der Waals surface area contributed by atoms with Crippen molar-refractivity contribution in [1.82, 2.24) is 0 Å². The molecule has 0 radical (unpaired) electrons. The van der Waals surface area contributed by atoms with E-state index >= 15 is 0 Å². The van der Waals surface area contributed by atoms with Gasteiger partial charge in [0.05, 0.1) is 18.9 Å². The normalized spacial score (nSPS) is 36.7. The third-order valence-corrected chi connectivity index (χ3v) is 3.32. The van der Waals surface area contributed by atoms with Crippen LogP contribution in [0, 0.1) is 23.7 Å². The molecule has 82 valence electrons. The first-order valence-electron chi connectivity index (χ1n) is 4.85. The lowest BCUT2D eigenvalue weighted by Crippen LogP contribution is -2.35. The first kappa shape index (κ1) is 10.2. The zero-order valence-electron chi connectivity index (χ0n) is 8.38. The fourth-order valence-corrected chi connectivity index (χ4v) is 2.68. The number of methoxy groups -OCH3 is 1. The van der Waals surface area contributed by atoms with Crippen LogP contribution in [0.15, 0.2) is 12.2 Å². The molecule has 15 heavy (non-hydrogen) atoms.